The lowest BCUT2D eigenvalue weighted by Crippen LogP contribution is -2.28. The summed E-state index contributed by atoms with van der Waals surface area (Å²) in [4.78, 5) is 11.9. The van der Waals surface area contributed by atoms with Crippen LogP contribution in [0.4, 0.5) is 0 Å². The molecule has 3 rings (SSSR count). The molecule has 0 radical (unpaired) electrons. The molecule has 0 unspecified atom stereocenters. The van der Waals surface area contributed by atoms with Crippen LogP contribution in [0.2, 0.25) is 10.0 Å². The number of nitrogens with one attached hydrogen (secondary N) is 1. The summed E-state index contributed by atoms with van der Waals surface area (Å²) in [6.07, 6.45) is 0. The van der Waals surface area contributed by atoms with E-state index in [1.165, 1.54) is 0 Å². The Kier molecular flexibility index (Phi) is 5.16. The van der Waals surface area contributed by atoms with Gasteiger partial charge >= 0.3 is 5.97 Å². The number of aromatic nitrogens is 2. The number of para-hydroxylation sites is 2. The minimum absolute atomic E-state index is 0.00155. The van der Waals surface area contributed by atoms with Crippen molar-refractivity contribution < 1.29 is 9.53 Å². The molecule has 25 heavy (non-hydrogen) atoms. The second-order valence-electron chi connectivity index (χ2n) is 5.54. The van der Waals surface area contributed by atoms with E-state index in [0.29, 0.717) is 23.2 Å². The van der Waals surface area contributed by atoms with Crippen molar-refractivity contribution >= 4 is 40.2 Å². The summed E-state index contributed by atoms with van der Waals surface area (Å²) >= 11 is 12.1. The van der Waals surface area contributed by atoms with Gasteiger partial charge in [0.15, 0.2) is 0 Å². The Morgan fingerprint density at radius 2 is 1.76 bits per heavy atom. The van der Waals surface area contributed by atoms with Gasteiger partial charge in [0.1, 0.15) is 6.54 Å². The zero-order valence-electron chi connectivity index (χ0n) is 13.6. The van der Waals surface area contributed by atoms with E-state index in [1.54, 1.807) is 23.6 Å². The van der Waals surface area contributed by atoms with E-state index in [0.717, 1.165) is 16.6 Å². The molecule has 0 aliphatic rings. The van der Waals surface area contributed by atoms with Crippen molar-refractivity contribution in [1.29, 1.82) is 5.41 Å². The Balaban J connectivity index is 2.06. The number of benzene rings is 2. The first kappa shape index (κ1) is 17.6. The van der Waals surface area contributed by atoms with E-state index in [9.17, 15) is 4.79 Å². The fourth-order valence-corrected chi connectivity index (χ4v) is 3.09. The molecule has 0 bridgehead atoms. The van der Waals surface area contributed by atoms with Crippen molar-refractivity contribution in [3.05, 3.63) is 63.7 Å². The zero-order valence-corrected chi connectivity index (χ0v) is 15.1. The number of fused-ring (bicyclic) bond motifs is 1. The van der Waals surface area contributed by atoms with E-state index in [-0.39, 0.29) is 18.1 Å². The summed E-state index contributed by atoms with van der Waals surface area (Å²) in [6.45, 7) is 2.53. The van der Waals surface area contributed by atoms with Gasteiger partial charge in [0, 0.05) is 0 Å². The van der Waals surface area contributed by atoms with Crippen LogP contribution in [0.1, 0.15) is 12.5 Å². The van der Waals surface area contributed by atoms with Gasteiger partial charge in [-0.1, -0.05) is 41.4 Å². The average Bonchev–Trinajstić information content (AvgIpc) is 2.84. The number of rotatable bonds is 5. The van der Waals surface area contributed by atoms with Gasteiger partial charge in [-0.25, -0.2) is 0 Å². The molecule has 1 heterocycles. The average molecular weight is 378 g/mol. The number of carbonyl (C=O) groups is 1. The molecule has 0 aliphatic heterocycles. The molecule has 130 valence electrons. The number of hydrogen-bond acceptors (Lipinski definition) is 3. The van der Waals surface area contributed by atoms with Crippen LogP contribution in [-0.2, 0) is 22.6 Å². The number of hydrogen-bond donors (Lipinski definition) is 1. The number of imidazole rings is 1. The molecule has 5 nitrogen and oxygen atoms in total. The normalized spacial score (nSPS) is 11.0. The van der Waals surface area contributed by atoms with Crippen LogP contribution in [0.3, 0.4) is 0 Å². The lowest BCUT2D eigenvalue weighted by molar-refractivity contribution is -0.143. The van der Waals surface area contributed by atoms with Crippen molar-refractivity contribution in [2.45, 2.75) is 20.0 Å². The highest BCUT2D eigenvalue weighted by Crippen LogP contribution is 2.23. The SMILES string of the molecule is CCOC(=O)Cn1c(=N)n(Cc2ccc(Cl)c(Cl)c2)c2ccccc21. The maximum absolute atomic E-state index is 11.9. The topological polar surface area (TPSA) is 60.0 Å². The maximum atomic E-state index is 11.9. The molecular weight excluding hydrogens is 361 g/mol. The lowest BCUT2D eigenvalue weighted by Gasteiger charge is -2.06. The summed E-state index contributed by atoms with van der Waals surface area (Å²) in [6, 6.07) is 13.0. The van der Waals surface area contributed by atoms with E-state index in [4.69, 9.17) is 33.3 Å². The molecule has 1 aromatic heterocycles. The van der Waals surface area contributed by atoms with Gasteiger partial charge in [0.05, 0.1) is 34.2 Å². The Hall–Kier alpha value is -2.24. The largest absolute Gasteiger partial charge is 0.465 e. The van der Waals surface area contributed by atoms with Crippen molar-refractivity contribution in [1.82, 2.24) is 9.13 Å². The Morgan fingerprint density at radius 1 is 1.08 bits per heavy atom. The summed E-state index contributed by atoms with van der Waals surface area (Å²) in [5, 5.41) is 9.47. The van der Waals surface area contributed by atoms with Crippen molar-refractivity contribution in [2.75, 3.05) is 6.61 Å². The molecular formula is C18H17Cl2N3O2. The van der Waals surface area contributed by atoms with Crippen molar-refractivity contribution in [3.63, 3.8) is 0 Å². The monoisotopic (exact) mass is 377 g/mol. The lowest BCUT2D eigenvalue weighted by atomic mass is 10.2. The van der Waals surface area contributed by atoms with Crippen molar-refractivity contribution in [3.8, 4) is 0 Å². The van der Waals surface area contributed by atoms with Gasteiger partial charge in [0.2, 0.25) is 5.62 Å². The van der Waals surface area contributed by atoms with Crippen LogP contribution in [-0.4, -0.2) is 21.7 Å². The smallest absolute Gasteiger partial charge is 0.326 e. The Morgan fingerprint density at radius 3 is 2.40 bits per heavy atom. The number of ether oxygens (including phenoxy) is 1. The number of halogens is 2. The number of carbonyl (C=O) groups excluding carboxylic acids is 1. The van der Waals surface area contributed by atoms with Gasteiger partial charge in [-0.05, 0) is 36.8 Å². The molecule has 1 N–H and O–H groups in total. The highest BCUT2D eigenvalue weighted by molar-refractivity contribution is 6.42. The summed E-state index contributed by atoms with van der Waals surface area (Å²) in [5.41, 5.74) is 2.82. The first-order valence-corrected chi connectivity index (χ1v) is 8.59. The molecule has 0 aliphatic carbocycles. The second kappa shape index (κ2) is 7.33. The predicted octanol–water partition coefficient (Wildman–Crippen LogP) is 3.84. The molecule has 0 atom stereocenters. The van der Waals surface area contributed by atoms with E-state index >= 15 is 0 Å². The van der Waals surface area contributed by atoms with Gasteiger partial charge < -0.3 is 9.30 Å². The summed E-state index contributed by atoms with van der Waals surface area (Å²) in [5.74, 6) is -0.363. The van der Waals surface area contributed by atoms with E-state index in [1.807, 2.05) is 34.9 Å². The third kappa shape index (κ3) is 3.57. The molecule has 2 aromatic carbocycles. The van der Waals surface area contributed by atoms with Crippen LogP contribution in [0.15, 0.2) is 42.5 Å². The van der Waals surface area contributed by atoms with Crippen LogP contribution in [0, 0.1) is 5.41 Å². The second-order valence-corrected chi connectivity index (χ2v) is 6.35. The third-order valence-electron chi connectivity index (χ3n) is 3.89. The molecule has 0 spiro atoms. The highest BCUT2D eigenvalue weighted by atomic mass is 35.5. The van der Waals surface area contributed by atoms with Crippen LogP contribution >= 0.6 is 23.2 Å². The maximum Gasteiger partial charge on any atom is 0.326 e. The molecule has 3 aromatic rings. The highest BCUT2D eigenvalue weighted by Gasteiger charge is 2.14. The van der Waals surface area contributed by atoms with Crippen molar-refractivity contribution in [2.24, 2.45) is 0 Å². The standard InChI is InChI=1S/C18H17Cl2N3O2/c1-2-25-17(24)11-23-16-6-4-3-5-15(16)22(18(23)21)10-12-7-8-13(19)14(20)9-12/h3-9,21H,2,10-11H2,1H3. The quantitative estimate of drug-likeness (QED) is 0.686. The molecule has 7 heteroatoms. The van der Waals surface area contributed by atoms with Gasteiger partial charge in [-0.15, -0.1) is 0 Å². The summed E-state index contributed by atoms with van der Waals surface area (Å²) in [7, 11) is 0. The third-order valence-corrected chi connectivity index (χ3v) is 4.63. The van der Waals surface area contributed by atoms with Gasteiger partial charge in [-0.3, -0.25) is 14.8 Å². The summed E-state index contributed by atoms with van der Waals surface area (Å²) < 4.78 is 8.49. The minimum Gasteiger partial charge on any atom is -0.465 e. The number of nitrogens with zero attached hydrogens (tertiary/aromatic N) is 2. The first-order valence-electron chi connectivity index (χ1n) is 7.83. The van der Waals surface area contributed by atoms with E-state index < -0.39 is 0 Å². The fourth-order valence-electron chi connectivity index (χ4n) is 2.77. The predicted molar refractivity (Wildman–Crippen MR) is 98.0 cm³/mol. The fraction of sp³-hybridized carbons (Fsp3) is 0.222. The molecule has 0 fully saturated rings. The number of esters is 1. The molecule has 0 amide bonds. The van der Waals surface area contributed by atoms with Crippen LogP contribution in [0.5, 0.6) is 0 Å². The molecule has 0 saturated carbocycles. The van der Waals surface area contributed by atoms with Crippen LogP contribution < -0.4 is 5.62 Å². The van der Waals surface area contributed by atoms with Gasteiger partial charge in [-0.2, -0.15) is 0 Å². The zero-order chi connectivity index (χ0) is 18.0. The van der Waals surface area contributed by atoms with Crippen LogP contribution in [0.25, 0.3) is 11.0 Å². The first-order chi connectivity index (χ1) is 12.0. The Bertz CT molecular complexity index is 992. The molecule has 0 saturated heterocycles. The Labute approximate surface area is 154 Å². The minimum atomic E-state index is -0.363. The van der Waals surface area contributed by atoms with Gasteiger partial charge in [0.25, 0.3) is 0 Å². The van der Waals surface area contributed by atoms with E-state index in [2.05, 4.69) is 0 Å².